The molecule has 0 saturated carbocycles. The van der Waals surface area contributed by atoms with E-state index in [-0.39, 0.29) is 11.7 Å². The topological polar surface area (TPSA) is 50.1 Å². The Labute approximate surface area is 126 Å². The van der Waals surface area contributed by atoms with Crippen LogP contribution in [0.1, 0.15) is 5.69 Å². The van der Waals surface area contributed by atoms with Crippen molar-refractivity contribution in [3.05, 3.63) is 35.2 Å². The van der Waals surface area contributed by atoms with E-state index >= 15 is 0 Å². The highest BCUT2D eigenvalue weighted by Gasteiger charge is 2.52. The van der Waals surface area contributed by atoms with Crippen molar-refractivity contribution in [1.29, 1.82) is 0 Å². The molecule has 2 fully saturated rings. The van der Waals surface area contributed by atoms with Crippen LogP contribution in [0.2, 0.25) is 5.02 Å². The molecule has 0 aliphatic carbocycles. The van der Waals surface area contributed by atoms with Crippen LogP contribution in [0.3, 0.4) is 0 Å². The van der Waals surface area contributed by atoms with Gasteiger partial charge < -0.3 is 14.0 Å². The third-order valence-corrected chi connectivity index (χ3v) is 4.32. The third-order valence-electron chi connectivity index (χ3n) is 4.10. The number of amides is 1. The van der Waals surface area contributed by atoms with Crippen molar-refractivity contribution in [3.8, 4) is 0 Å². The first kappa shape index (κ1) is 12.9. The minimum absolute atomic E-state index is 0.226. The summed E-state index contributed by atoms with van der Waals surface area (Å²) in [5, 5.41) is 0.688. The van der Waals surface area contributed by atoms with Crippen LogP contribution >= 0.6 is 11.6 Å². The zero-order valence-corrected chi connectivity index (χ0v) is 12.4. The number of rotatable bonds is 2. The summed E-state index contributed by atoms with van der Waals surface area (Å²) in [6.45, 7) is 2.96. The van der Waals surface area contributed by atoms with E-state index in [2.05, 4.69) is 9.88 Å². The summed E-state index contributed by atoms with van der Waals surface area (Å²) in [5.41, 5.74) is 1.65. The van der Waals surface area contributed by atoms with Gasteiger partial charge in [0.25, 0.3) is 0 Å². The van der Waals surface area contributed by atoms with Gasteiger partial charge in [-0.1, -0.05) is 11.6 Å². The van der Waals surface area contributed by atoms with Crippen molar-refractivity contribution in [1.82, 2.24) is 19.2 Å². The van der Waals surface area contributed by atoms with Crippen LogP contribution in [0.15, 0.2) is 24.5 Å². The smallest absolute Gasteiger partial charge is 0.410 e. The van der Waals surface area contributed by atoms with Crippen molar-refractivity contribution in [2.45, 2.75) is 12.1 Å². The molecule has 0 aromatic carbocycles. The van der Waals surface area contributed by atoms with E-state index in [1.165, 1.54) is 0 Å². The van der Waals surface area contributed by atoms with Gasteiger partial charge in [-0.15, -0.1) is 0 Å². The predicted octanol–water partition coefficient (Wildman–Crippen LogP) is 1.62. The lowest BCUT2D eigenvalue weighted by molar-refractivity contribution is -0.0778. The van der Waals surface area contributed by atoms with E-state index in [1.807, 2.05) is 28.9 Å². The normalized spacial score (nSPS) is 21.0. The van der Waals surface area contributed by atoms with Crippen molar-refractivity contribution in [2.75, 3.05) is 26.7 Å². The van der Waals surface area contributed by atoms with E-state index in [4.69, 9.17) is 16.3 Å². The van der Waals surface area contributed by atoms with E-state index in [1.54, 1.807) is 11.9 Å². The number of likely N-dealkylation sites (N-methyl/N-ethyl adjacent to an activating group) is 1. The van der Waals surface area contributed by atoms with Crippen LogP contribution in [-0.4, -0.2) is 57.6 Å². The first-order valence-corrected chi connectivity index (χ1v) is 7.20. The number of hydrogen-bond donors (Lipinski definition) is 0. The third kappa shape index (κ3) is 2.06. The first-order valence-electron chi connectivity index (χ1n) is 6.83. The van der Waals surface area contributed by atoms with Crippen molar-refractivity contribution in [3.63, 3.8) is 0 Å². The molecule has 1 amide bonds. The fourth-order valence-electron chi connectivity index (χ4n) is 3.19. The Morgan fingerprint density at radius 1 is 1.38 bits per heavy atom. The molecule has 2 saturated heterocycles. The van der Waals surface area contributed by atoms with Crippen LogP contribution < -0.4 is 0 Å². The number of halogens is 1. The highest BCUT2D eigenvalue weighted by molar-refractivity contribution is 6.30. The van der Waals surface area contributed by atoms with Crippen molar-refractivity contribution in [2.24, 2.45) is 0 Å². The first-order chi connectivity index (χ1) is 10.0. The number of likely N-dealkylation sites (tertiary alicyclic amines) is 1. The quantitative estimate of drug-likeness (QED) is 0.846. The second-order valence-corrected chi connectivity index (χ2v) is 6.31. The number of hydrogen-bond acceptors (Lipinski definition) is 4. The Balaban J connectivity index is 1.48. The maximum absolute atomic E-state index is 11.5. The molecule has 2 aliphatic rings. The lowest BCUT2D eigenvalue weighted by Crippen LogP contribution is -2.63. The molecular formula is C14H15ClN4O2. The van der Waals surface area contributed by atoms with E-state index in [0.717, 1.165) is 31.0 Å². The van der Waals surface area contributed by atoms with Crippen LogP contribution in [0.5, 0.6) is 0 Å². The van der Waals surface area contributed by atoms with Crippen LogP contribution in [0.4, 0.5) is 4.79 Å². The van der Waals surface area contributed by atoms with Gasteiger partial charge in [-0.05, 0) is 12.1 Å². The molecule has 0 atom stereocenters. The molecule has 7 heteroatoms. The van der Waals surface area contributed by atoms with Gasteiger partial charge in [0.2, 0.25) is 0 Å². The van der Waals surface area contributed by atoms with Gasteiger partial charge in [0.05, 0.1) is 23.5 Å². The fraction of sp³-hybridized carbons (Fsp3) is 0.429. The summed E-state index contributed by atoms with van der Waals surface area (Å²) in [6.07, 6.45) is 3.51. The van der Waals surface area contributed by atoms with Gasteiger partial charge >= 0.3 is 6.09 Å². The lowest BCUT2D eigenvalue weighted by atomic mass is 9.94. The van der Waals surface area contributed by atoms with E-state index in [9.17, 15) is 4.79 Å². The molecule has 0 bridgehead atoms. The Bertz CT molecular complexity index is 723. The van der Waals surface area contributed by atoms with Gasteiger partial charge in [0, 0.05) is 32.9 Å². The average molecular weight is 307 g/mol. The minimum atomic E-state index is -0.316. The maximum atomic E-state index is 11.5. The zero-order chi connectivity index (χ0) is 14.6. The van der Waals surface area contributed by atoms with E-state index in [0.29, 0.717) is 11.6 Å². The standard InChI is InChI=1S/C14H15ClN4O2/c1-17-7-14(21-13(17)20)8-18(9-14)6-11-4-16-12-3-2-10(15)5-19(11)12/h2-5H,6-9H2,1H3. The summed E-state index contributed by atoms with van der Waals surface area (Å²) in [4.78, 5) is 19.7. The van der Waals surface area contributed by atoms with Crippen LogP contribution in [0, 0.1) is 0 Å². The second kappa shape index (κ2) is 4.35. The molecule has 2 aromatic rings. The molecule has 2 aromatic heterocycles. The highest BCUT2D eigenvalue weighted by atomic mass is 35.5. The molecule has 1 spiro atoms. The number of carbonyl (C=O) groups excluding carboxylic acids is 1. The molecule has 6 nitrogen and oxygen atoms in total. The van der Waals surface area contributed by atoms with Crippen LogP contribution in [0.25, 0.3) is 5.65 Å². The lowest BCUT2D eigenvalue weighted by Gasteiger charge is -2.45. The van der Waals surface area contributed by atoms with Crippen LogP contribution in [-0.2, 0) is 11.3 Å². The number of nitrogens with zero attached hydrogens (tertiary/aromatic N) is 4. The average Bonchev–Trinajstić information content (AvgIpc) is 2.92. The summed E-state index contributed by atoms with van der Waals surface area (Å²) >= 11 is 6.04. The van der Waals surface area contributed by atoms with E-state index < -0.39 is 0 Å². The van der Waals surface area contributed by atoms with Crippen molar-refractivity contribution >= 4 is 23.3 Å². The molecule has 4 heterocycles. The molecule has 110 valence electrons. The SMILES string of the molecule is CN1CC2(CN(Cc3cnc4ccc(Cl)cn34)C2)OC1=O. The fourth-order valence-corrected chi connectivity index (χ4v) is 3.35. The number of pyridine rings is 1. The second-order valence-electron chi connectivity index (χ2n) is 5.88. The molecule has 0 unspecified atom stereocenters. The summed E-state index contributed by atoms with van der Waals surface area (Å²) in [5.74, 6) is 0. The number of imidazole rings is 1. The zero-order valence-electron chi connectivity index (χ0n) is 11.6. The summed E-state index contributed by atoms with van der Waals surface area (Å²) < 4.78 is 7.45. The van der Waals surface area contributed by atoms with Gasteiger partial charge in [0.1, 0.15) is 5.65 Å². The van der Waals surface area contributed by atoms with Gasteiger partial charge in [0.15, 0.2) is 5.60 Å². The molecule has 0 N–H and O–H groups in total. The molecule has 4 rings (SSSR count). The Hall–Kier alpha value is -1.79. The minimum Gasteiger partial charge on any atom is -0.438 e. The van der Waals surface area contributed by atoms with Gasteiger partial charge in [-0.25, -0.2) is 9.78 Å². The Morgan fingerprint density at radius 2 is 2.19 bits per heavy atom. The maximum Gasteiger partial charge on any atom is 0.410 e. The highest BCUT2D eigenvalue weighted by Crippen LogP contribution is 2.32. The summed E-state index contributed by atoms with van der Waals surface area (Å²) in [6, 6.07) is 3.73. The Kier molecular flexibility index (Phi) is 2.68. The molecule has 0 radical (unpaired) electrons. The molecule has 21 heavy (non-hydrogen) atoms. The number of ether oxygens (including phenoxy) is 1. The number of aromatic nitrogens is 2. The Morgan fingerprint density at radius 3 is 2.90 bits per heavy atom. The number of carbonyl (C=O) groups is 1. The number of fused-ring (bicyclic) bond motifs is 1. The van der Waals surface area contributed by atoms with Gasteiger partial charge in [-0.2, -0.15) is 0 Å². The monoisotopic (exact) mass is 306 g/mol. The van der Waals surface area contributed by atoms with Gasteiger partial charge in [-0.3, -0.25) is 4.90 Å². The molecule has 2 aliphatic heterocycles. The molecular weight excluding hydrogens is 292 g/mol. The van der Waals surface area contributed by atoms with Crippen molar-refractivity contribution < 1.29 is 9.53 Å². The largest absolute Gasteiger partial charge is 0.438 e. The predicted molar refractivity (Wildman–Crippen MR) is 77.3 cm³/mol. The summed E-state index contributed by atoms with van der Waals surface area (Å²) in [7, 11) is 1.77.